The second kappa shape index (κ2) is 10.9. The van der Waals surface area contributed by atoms with Crippen LogP contribution in [0.5, 0.6) is 11.5 Å². The Morgan fingerprint density at radius 1 is 0.710 bits per heavy atom. The van der Waals surface area contributed by atoms with Crippen LogP contribution in [0.3, 0.4) is 0 Å². The van der Waals surface area contributed by atoms with Crippen LogP contribution < -0.4 is 9.47 Å². The van der Waals surface area contributed by atoms with Gasteiger partial charge in [0.15, 0.2) is 0 Å². The molecule has 0 atom stereocenters. The molecular weight excluding hydrogens is 430 g/mol. The number of methoxy groups -OCH3 is 2. The summed E-state index contributed by atoms with van der Waals surface area (Å²) in [5.41, 5.74) is 7.25. The molecule has 0 bridgehead atoms. The van der Waals surface area contributed by atoms with Crippen molar-refractivity contribution in [2.24, 2.45) is 9.98 Å². The average Bonchev–Trinajstić information content (AvgIpc) is 2.76. The third kappa shape index (κ3) is 6.03. The summed E-state index contributed by atoms with van der Waals surface area (Å²) in [7, 11) is 3.32. The Hall–Kier alpha value is -2.95. The molecule has 5 nitrogen and oxygen atoms in total. The predicted octanol–water partition coefficient (Wildman–Crippen LogP) is 5.99. The third-order valence-corrected chi connectivity index (χ3v) is 4.87. The van der Waals surface area contributed by atoms with Gasteiger partial charge in [-0.25, -0.2) is 4.98 Å². The van der Waals surface area contributed by atoms with Gasteiger partial charge in [-0.3, -0.25) is 9.98 Å². The summed E-state index contributed by atoms with van der Waals surface area (Å²) < 4.78 is 10.5. The summed E-state index contributed by atoms with van der Waals surface area (Å²) in [6.07, 6.45) is 0. The summed E-state index contributed by atoms with van der Waals surface area (Å²) in [5.74, 6) is 1.65. The molecular formula is C25H27FeN3O2. The average molecular weight is 457 g/mol. The molecule has 0 aliphatic carbocycles. The van der Waals surface area contributed by atoms with Gasteiger partial charge in [-0.1, -0.05) is 6.07 Å². The van der Waals surface area contributed by atoms with Gasteiger partial charge in [0.1, 0.15) is 11.5 Å². The summed E-state index contributed by atoms with van der Waals surface area (Å²) in [6.45, 7) is 7.98. The standard InChI is InChI=1S/C25H27N3O2.Fe/c1-16-14-20(29-5)10-12-22(16)26-18(3)24-8-7-9-25(28-24)19(4)27-23-13-11-21(30-6)15-17(23)2;/h7-15H,1-6H3;. The zero-order valence-electron chi connectivity index (χ0n) is 18.7. The van der Waals surface area contributed by atoms with Crippen molar-refractivity contribution in [3.63, 3.8) is 0 Å². The number of pyridine rings is 1. The Balaban J connectivity index is 0.00000341. The third-order valence-electron chi connectivity index (χ3n) is 4.87. The Morgan fingerprint density at radius 3 is 1.48 bits per heavy atom. The minimum absolute atomic E-state index is 0. The number of hydrogen-bond acceptors (Lipinski definition) is 5. The number of aromatic nitrogens is 1. The van der Waals surface area contributed by atoms with Crippen molar-refractivity contribution in [3.8, 4) is 11.5 Å². The van der Waals surface area contributed by atoms with Crippen molar-refractivity contribution in [3.05, 3.63) is 77.1 Å². The van der Waals surface area contributed by atoms with Crippen LogP contribution in [0, 0.1) is 13.8 Å². The van der Waals surface area contributed by atoms with Crippen molar-refractivity contribution in [1.29, 1.82) is 0 Å². The van der Waals surface area contributed by atoms with Crippen molar-refractivity contribution in [2.75, 3.05) is 14.2 Å². The van der Waals surface area contributed by atoms with Gasteiger partial charge in [-0.05, 0) is 87.4 Å². The Morgan fingerprint density at radius 2 is 1.13 bits per heavy atom. The van der Waals surface area contributed by atoms with Gasteiger partial charge in [-0.2, -0.15) is 0 Å². The van der Waals surface area contributed by atoms with E-state index < -0.39 is 0 Å². The van der Waals surface area contributed by atoms with Gasteiger partial charge in [0.2, 0.25) is 0 Å². The first-order valence-corrected chi connectivity index (χ1v) is 9.79. The topological polar surface area (TPSA) is 56.1 Å². The summed E-state index contributed by atoms with van der Waals surface area (Å²) in [4.78, 5) is 14.3. The summed E-state index contributed by atoms with van der Waals surface area (Å²) in [5, 5.41) is 0. The molecule has 0 N–H and O–H groups in total. The van der Waals surface area contributed by atoms with Crippen LogP contribution in [-0.4, -0.2) is 30.6 Å². The van der Waals surface area contributed by atoms with E-state index >= 15 is 0 Å². The van der Waals surface area contributed by atoms with E-state index in [1.165, 1.54) is 0 Å². The quantitative estimate of drug-likeness (QED) is 0.337. The van der Waals surface area contributed by atoms with Gasteiger partial charge in [-0.15, -0.1) is 0 Å². The largest absolute Gasteiger partial charge is 0.497 e. The molecule has 0 aliphatic rings. The maximum absolute atomic E-state index is 5.27. The molecule has 162 valence electrons. The number of benzene rings is 2. The fourth-order valence-electron chi connectivity index (χ4n) is 3.07. The molecule has 0 unspecified atom stereocenters. The normalized spacial score (nSPS) is 11.7. The molecule has 0 saturated carbocycles. The van der Waals surface area contributed by atoms with Crippen LogP contribution in [0.4, 0.5) is 11.4 Å². The van der Waals surface area contributed by atoms with Gasteiger partial charge in [0.05, 0.1) is 48.4 Å². The van der Waals surface area contributed by atoms with Gasteiger partial charge in [0.25, 0.3) is 0 Å². The second-order valence-corrected chi connectivity index (χ2v) is 7.11. The zero-order chi connectivity index (χ0) is 21.7. The molecule has 3 rings (SSSR count). The maximum atomic E-state index is 5.27. The molecule has 0 saturated heterocycles. The van der Waals surface area contributed by atoms with Crippen molar-refractivity contribution >= 4 is 22.8 Å². The zero-order valence-corrected chi connectivity index (χ0v) is 19.8. The molecule has 0 fully saturated rings. The van der Waals surface area contributed by atoms with Crippen molar-refractivity contribution < 1.29 is 26.5 Å². The Bertz CT molecular complexity index is 1040. The van der Waals surface area contributed by atoms with Crippen LogP contribution in [0.2, 0.25) is 0 Å². The fourth-order valence-corrected chi connectivity index (χ4v) is 3.07. The molecule has 1 aromatic heterocycles. The van der Waals surface area contributed by atoms with E-state index in [0.717, 1.165) is 56.8 Å². The van der Waals surface area contributed by atoms with Crippen LogP contribution in [0.1, 0.15) is 36.4 Å². The second-order valence-electron chi connectivity index (χ2n) is 7.11. The SMILES string of the molecule is COc1ccc(N=C(C)c2cccc(C(C)=Nc3ccc(OC)cc3C)n2)c(C)c1.[Fe]. The molecule has 1 heterocycles. The van der Waals surface area contributed by atoms with Crippen LogP contribution in [0.15, 0.2) is 64.6 Å². The Labute approximate surface area is 194 Å². The number of ether oxygens (including phenoxy) is 2. The fraction of sp³-hybridized carbons (Fsp3) is 0.240. The van der Waals surface area contributed by atoms with E-state index in [1.54, 1.807) is 14.2 Å². The molecule has 0 radical (unpaired) electrons. The van der Waals surface area contributed by atoms with E-state index in [1.807, 2.05) is 82.3 Å². The van der Waals surface area contributed by atoms with E-state index in [2.05, 4.69) is 0 Å². The number of aliphatic imine (C=N–C) groups is 2. The maximum Gasteiger partial charge on any atom is 0.119 e. The molecule has 3 aromatic rings. The van der Waals surface area contributed by atoms with Gasteiger partial charge >= 0.3 is 0 Å². The van der Waals surface area contributed by atoms with Crippen LogP contribution in [0.25, 0.3) is 0 Å². The molecule has 6 heteroatoms. The van der Waals surface area contributed by atoms with E-state index in [0.29, 0.717) is 0 Å². The Kier molecular flexibility index (Phi) is 8.55. The van der Waals surface area contributed by atoms with E-state index in [-0.39, 0.29) is 17.1 Å². The first-order chi connectivity index (χ1) is 14.4. The number of nitrogens with zero attached hydrogens (tertiary/aromatic N) is 3. The van der Waals surface area contributed by atoms with E-state index in [4.69, 9.17) is 24.4 Å². The number of hydrogen-bond donors (Lipinski definition) is 0. The van der Waals surface area contributed by atoms with Crippen molar-refractivity contribution in [1.82, 2.24) is 4.98 Å². The van der Waals surface area contributed by atoms with E-state index in [9.17, 15) is 0 Å². The summed E-state index contributed by atoms with van der Waals surface area (Å²) >= 11 is 0. The molecule has 0 spiro atoms. The minimum atomic E-state index is 0. The molecule has 0 aliphatic heterocycles. The molecule has 0 amide bonds. The van der Waals surface area contributed by atoms with Crippen molar-refractivity contribution in [2.45, 2.75) is 27.7 Å². The van der Waals surface area contributed by atoms with Crippen LogP contribution in [-0.2, 0) is 17.1 Å². The van der Waals surface area contributed by atoms with Gasteiger partial charge in [0, 0.05) is 17.1 Å². The minimum Gasteiger partial charge on any atom is -0.497 e. The summed E-state index contributed by atoms with van der Waals surface area (Å²) in [6, 6.07) is 17.6. The monoisotopic (exact) mass is 457 g/mol. The first kappa shape index (κ1) is 24.3. The smallest absolute Gasteiger partial charge is 0.119 e. The first-order valence-electron chi connectivity index (χ1n) is 9.79. The van der Waals surface area contributed by atoms with Gasteiger partial charge < -0.3 is 9.47 Å². The molecule has 2 aromatic carbocycles. The number of aryl methyl sites for hydroxylation is 2. The van der Waals surface area contributed by atoms with Crippen LogP contribution >= 0.6 is 0 Å². The molecule has 31 heavy (non-hydrogen) atoms. The predicted molar refractivity (Wildman–Crippen MR) is 123 cm³/mol. The number of rotatable bonds is 6.